The lowest BCUT2D eigenvalue weighted by atomic mass is 11.0. The van der Waals surface area contributed by atoms with E-state index in [2.05, 4.69) is 0 Å². The van der Waals surface area contributed by atoms with Gasteiger partial charge < -0.3 is 0 Å². The molecule has 0 heterocycles. The van der Waals surface area contributed by atoms with E-state index < -0.39 is 7.42 Å². The predicted molar refractivity (Wildman–Crippen MR) is 34.2 cm³/mol. The van der Waals surface area contributed by atoms with Crippen molar-refractivity contribution in [1.29, 1.82) is 0 Å². The van der Waals surface area contributed by atoms with Gasteiger partial charge in [-0.1, -0.05) is 0 Å². The quantitative estimate of drug-likeness (QED) is 0.314. The Morgan fingerprint density at radius 3 is 1.67 bits per heavy atom. The van der Waals surface area contributed by atoms with E-state index in [0.29, 0.717) is 0 Å². The summed E-state index contributed by atoms with van der Waals surface area (Å²) < 4.78 is 0. The van der Waals surface area contributed by atoms with E-state index in [0.717, 1.165) is 0 Å². The number of hydrogen-bond acceptors (Lipinski definition) is 0. The highest BCUT2D eigenvalue weighted by Gasteiger charge is 2.07. The van der Waals surface area contributed by atoms with Crippen molar-refractivity contribution in [2.24, 2.45) is 0 Å². The molecule has 0 nitrogen and oxygen atoms in total. The molecule has 0 aromatic heterocycles. The number of alkyl halides is 1. The number of rotatable bonds is 1. The molecule has 0 rings (SSSR count). The molecular weight excluding hydrogens is 158 g/mol. The fourth-order valence-corrected chi connectivity index (χ4v) is 0. The van der Waals surface area contributed by atoms with Gasteiger partial charge in [-0.25, -0.2) is 0 Å². The lowest BCUT2D eigenvalue weighted by molar-refractivity contribution is 1.37. The monoisotopic (exact) mass is 162 g/mol. The van der Waals surface area contributed by atoms with Crippen LogP contribution in [0, 0.1) is 0 Å². The molecule has 0 bridgehead atoms. The molecule has 0 aliphatic heterocycles. The van der Waals surface area contributed by atoms with Crippen molar-refractivity contribution in [1.82, 2.24) is 0 Å². The minimum atomic E-state index is -1.53. The molecule has 0 fully saturated rings. The summed E-state index contributed by atoms with van der Waals surface area (Å²) in [5.74, 6) is 0. The van der Waals surface area contributed by atoms with Crippen LogP contribution in [0.15, 0.2) is 0 Å². The molecule has 0 saturated carbocycles. The van der Waals surface area contributed by atoms with Gasteiger partial charge in [0.2, 0.25) is 0 Å². The standard InChI is InChI=1S/C2H5Cl3Si/c1-2(3)6(4)5/h2,6H,1H3. The lowest BCUT2D eigenvalue weighted by Gasteiger charge is -1.94. The highest BCUT2D eigenvalue weighted by Crippen LogP contribution is 2.06. The molecule has 38 valence electrons. The van der Waals surface area contributed by atoms with Gasteiger partial charge in [-0.2, -0.15) is 0 Å². The van der Waals surface area contributed by atoms with Crippen LogP contribution in [0.5, 0.6) is 0 Å². The first kappa shape index (κ1) is 7.09. The Morgan fingerprint density at radius 1 is 1.50 bits per heavy atom. The molecule has 0 aliphatic carbocycles. The van der Waals surface area contributed by atoms with Crippen LogP contribution in [0.4, 0.5) is 0 Å². The average Bonchev–Trinajstić information content (AvgIpc) is 1.36. The van der Waals surface area contributed by atoms with Crippen LogP contribution in [0.3, 0.4) is 0 Å². The number of hydrogen-bond donors (Lipinski definition) is 0. The third-order valence-corrected chi connectivity index (χ3v) is 4.84. The summed E-state index contributed by atoms with van der Waals surface area (Å²) >= 11 is 16.2. The first-order valence-electron chi connectivity index (χ1n) is 1.57. The van der Waals surface area contributed by atoms with Crippen molar-refractivity contribution in [3.8, 4) is 0 Å². The first-order valence-corrected chi connectivity index (χ1v) is 6.16. The van der Waals surface area contributed by atoms with Gasteiger partial charge in [0.1, 0.15) is 0 Å². The summed E-state index contributed by atoms with van der Waals surface area (Å²) in [5.41, 5.74) is 0. The smallest absolute Gasteiger partial charge is 0.149 e. The summed E-state index contributed by atoms with van der Waals surface area (Å²) in [6.07, 6.45) is 0. The van der Waals surface area contributed by atoms with Crippen molar-refractivity contribution in [3.05, 3.63) is 0 Å². The highest BCUT2D eigenvalue weighted by molar-refractivity contribution is 7.35. The van der Waals surface area contributed by atoms with Crippen LogP contribution < -0.4 is 0 Å². The summed E-state index contributed by atoms with van der Waals surface area (Å²) in [4.78, 5) is 0. The minimum Gasteiger partial charge on any atom is -0.149 e. The third-order valence-electron chi connectivity index (χ3n) is 0.347. The van der Waals surface area contributed by atoms with Gasteiger partial charge >= 0.3 is 0 Å². The first-order chi connectivity index (χ1) is 2.64. The molecule has 0 aliphatic rings. The van der Waals surface area contributed by atoms with E-state index in [9.17, 15) is 0 Å². The average molecular weight is 164 g/mol. The molecule has 6 heavy (non-hydrogen) atoms. The van der Waals surface area contributed by atoms with Gasteiger partial charge in [0.05, 0.1) is 5.00 Å². The SMILES string of the molecule is CC(Cl)[SiH](Cl)Cl. The van der Waals surface area contributed by atoms with Crippen molar-refractivity contribution >= 4 is 41.2 Å². The molecule has 0 amide bonds. The predicted octanol–water partition coefficient (Wildman–Crippen LogP) is 1.85. The zero-order valence-electron chi connectivity index (χ0n) is 3.29. The molecule has 1 unspecified atom stereocenters. The van der Waals surface area contributed by atoms with Crippen LogP contribution in [-0.4, -0.2) is 12.4 Å². The molecular formula is C2H5Cl3Si. The van der Waals surface area contributed by atoms with Crippen LogP contribution >= 0.6 is 33.8 Å². The van der Waals surface area contributed by atoms with Crippen LogP contribution in [0.1, 0.15) is 6.92 Å². The van der Waals surface area contributed by atoms with Crippen LogP contribution in [0.25, 0.3) is 0 Å². The van der Waals surface area contributed by atoms with Gasteiger partial charge in [-0.15, -0.1) is 33.8 Å². The van der Waals surface area contributed by atoms with E-state index in [1.54, 1.807) is 6.92 Å². The maximum Gasteiger partial charge on any atom is 0.254 e. The summed E-state index contributed by atoms with van der Waals surface area (Å²) in [6, 6.07) is 0. The minimum absolute atomic E-state index is 0.00617. The van der Waals surface area contributed by atoms with Gasteiger partial charge in [0, 0.05) is 0 Å². The zero-order valence-corrected chi connectivity index (χ0v) is 6.71. The fraction of sp³-hybridized carbons (Fsp3) is 1.00. The molecule has 0 saturated heterocycles. The summed E-state index contributed by atoms with van der Waals surface area (Å²) in [7, 11) is -1.53. The third kappa shape index (κ3) is 3.28. The second-order valence-corrected chi connectivity index (χ2v) is 7.28. The van der Waals surface area contributed by atoms with Crippen LogP contribution in [-0.2, 0) is 0 Å². The van der Waals surface area contributed by atoms with Gasteiger partial charge in [0.25, 0.3) is 7.42 Å². The second-order valence-electron chi connectivity index (χ2n) is 1.01. The maximum atomic E-state index is 5.41. The van der Waals surface area contributed by atoms with Crippen molar-refractivity contribution in [3.63, 3.8) is 0 Å². The van der Waals surface area contributed by atoms with Gasteiger partial charge in [0.15, 0.2) is 0 Å². The Labute approximate surface area is 53.4 Å². The molecule has 1 atom stereocenters. The Balaban J connectivity index is 2.99. The summed E-state index contributed by atoms with van der Waals surface area (Å²) in [5, 5.41) is -0.00617. The largest absolute Gasteiger partial charge is 0.254 e. The van der Waals surface area contributed by atoms with E-state index >= 15 is 0 Å². The Kier molecular flexibility index (Phi) is 3.70. The highest BCUT2D eigenvalue weighted by atomic mass is 35.7. The van der Waals surface area contributed by atoms with E-state index in [4.69, 9.17) is 33.8 Å². The molecule has 0 N–H and O–H groups in total. The molecule has 0 radical (unpaired) electrons. The van der Waals surface area contributed by atoms with Crippen LogP contribution in [0.2, 0.25) is 0 Å². The molecule has 0 aromatic carbocycles. The van der Waals surface area contributed by atoms with E-state index in [1.165, 1.54) is 0 Å². The van der Waals surface area contributed by atoms with Gasteiger partial charge in [-0.05, 0) is 6.92 Å². The second kappa shape index (κ2) is 3.14. The Morgan fingerprint density at radius 2 is 1.67 bits per heavy atom. The molecule has 4 heteroatoms. The van der Waals surface area contributed by atoms with Gasteiger partial charge in [-0.3, -0.25) is 0 Å². The van der Waals surface area contributed by atoms with E-state index in [1.807, 2.05) is 0 Å². The van der Waals surface area contributed by atoms with Crippen molar-refractivity contribution < 1.29 is 0 Å². The molecule has 0 spiro atoms. The topological polar surface area (TPSA) is 0 Å². The molecule has 0 aromatic rings. The fourth-order valence-electron chi connectivity index (χ4n) is 0. The number of halogens is 3. The van der Waals surface area contributed by atoms with Crippen molar-refractivity contribution in [2.75, 3.05) is 0 Å². The van der Waals surface area contributed by atoms with E-state index in [-0.39, 0.29) is 5.00 Å². The zero-order chi connectivity index (χ0) is 5.15. The Bertz CT molecular complexity index is 29.8. The summed E-state index contributed by atoms with van der Waals surface area (Å²) in [6.45, 7) is 1.80. The van der Waals surface area contributed by atoms with Crippen molar-refractivity contribution in [2.45, 2.75) is 11.9 Å². The Hall–Kier alpha value is 1.09. The maximum absolute atomic E-state index is 5.41. The normalized spacial score (nSPS) is 15.5. The lowest BCUT2D eigenvalue weighted by Crippen LogP contribution is -2.06.